The molecule has 0 saturated heterocycles. The van der Waals surface area contributed by atoms with Crippen molar-refractivity contribution in [2.24, 2.45) is 0 Å². The first-order chi connectivity index (χ1) is 28.1. The van der Waals surface area contributed by atoms with E-state index in [1.807, 2.05) is 27.2 Å². The molecular weight excluding hydrogens is 727 g/mol. The second-order valence-corrected chi connectivity index (χ2v) is 16.6. The minimum absolute atomic E-state index is 0.0416. The first kappa shape index (κ1) is 55.0. The van der Waals surface area contributed by atoms with Gasteiger partial charge in [0.2, 0.25) is 0 Å². The lowest BCUT2D eigenvalue weighted by Crippen LogP contribution is -2.50. The number of quaternary nitrogens is 1. The zero-order chi connectivity index (χ0) is 42.8. The lowest BCUT2D eigenvalue weighted by molar-refractivity contribution is -0.887. The lowest BCUT2D eigenvalue weighted by atomic mass is 10.0. The van der Waals surface area contributed by atoms with Crippen LogP contribution in [-0.2, 0) is 28.6 Å². The monoisotopic (exact) mass is 815 g/mol. The van der Waals surface area contributed by atoms with Crippen molar-refractivity contribution in [3.05, 3.63) is 60.8 Å². The Labute approximate surface area is 356 Å². The fraction of sp³-hybridized carbons (Fsp3) is 0.740. The van der Waals surface area contributed by atoms with Crippen LogP contribution < -0.4 is 0 Å². The Morgan fingerprint density at radius 1 is 0.534 bits per heavy atom. The van der Waals surface area contributed by atoms with Crippen LogP contribution in [0.1, 0.15) is 187 Å². The zero-order valence-corrected chi connectivity index (χ0v) is 38.0. The van der Waals surface area contributed by atoms with E-state index in [1.54, 1.807) is 0 Å². The predicted molar refractivity (Wildman–Crippen MR) is 243 cm³/mol. The topological polar surface area (TPSA) is 99.1 Å². The molecule has 58 heavy (non-hydrogen) atoms. The molecule has 0 spiro atoms. The average molecular weight is 815 g/mol. The van der Waals surface area contributed by atoms with Gasteiger partial charge in [0.1, 0.15) is 6.61 Å². The SMILES string of the molecule is CC/C=C/C/C=C/C/C=C/CCCCCCCCCCCCCC(=O)OC(COCCC(C(=O)O)[N+](C)(C)C)COC(=O)CC/C=C/C/C=C/CCCCCCCC. The van der Waals surface area contributed by atoms with E-state index < -0.39 is 18.1 Å². The third-order valence-corrected chi connectivity index (χ3v) is 10.2. The molecule has 8 nitrogen and oxygen atoms in total. The second-order valence-electron chi connectivity index (χ2n) is 16.6. The fourth-order valence-electron chi connectivity index (χ4n) is 6.57. The number of esters is 2. The number of unbranched alkanes of at least 4 members (excludes halogenated alkanes) is 17. The lowest BCUT2D eigenvalue weighted by Gasteiger charge is -2.31. The minimum Gasteiger partial charge on any atom is -0.477 e. The van der Waals surface area contributed by atoms with Gasteiger partial charge >= 0.3 is 17.9 Å². The third-order valence-electron chi connectivity index (χ3n) is 10.2. The Kier molecular flexibility index (Phi) is 38.7. The summed E-state index contributed by atoms with van der Waals surface area (Å²) >= 11 is 0. The number of hydrogen-bond donors (Lipinski definition) is 1. The molecule has 2 atom stereocenters. The van der Waals surface area contributed by atoms with Crippen molar-refractivity contribution >= 4 is 17.9 Å². The van der Waals surface area contributed by atoms with E-state index in [0.29, 0.717) is 19.3 Å². The summed E-state index contributed by atoms with van der Waals surface area (Å²) in [5, 5.41) is 9.62. The minimum atomic E-state index is -0.883. The molecule has 0 aromatic heterocycles. The summed E-state index contributed by atoms with van der Waals surface area (Å²) in [6.45, 7) is 4.55. The van der Waals surface area contributed by atoms with Crippen LogP contribution in [0, 0.1) is 0 Å². The average Bonchev–Trinajstić information content (AvgIpc) is 3.18. The summed E-state index contributed by atoms with van der Waals surface area (Å²) in [5.41, 5.74) is 0. The number of likely N-dealkylation sites (N-methyl/N-ethyl adjacent to an activating group) is 1. The van der Waals surface area contributed by atoms with Crippen molar-refractivity contribution in [2.75, 3.05) is 41.0 Å². The number of allylic oxidation sites excluding steroid dienone is 10. The maximum absolute atomic E-state index is 12.7. The largest absolute Gasteiger partial charge is 0.477 e. The molecule has 8 heteroatoms. The van der Waals surface area contributed by atoms with Gasteiger partial charge in [0.25, 0.3) is 0 Å². The van der Waals surface area contributed by atoms with Gasteiger partial charge in [0.05, 0.1) is 34.4 Å². The van der Waals surface area contributed by atoms with Gasteiger partial charge < -0.3 is 23.8 Å². The molecule has 0 rings (SSSR count). The molecule has 2 unspecified atom stereocenters. The first-order valence-corrected chi connectivity index (χ1v) is 23.3. The van der Waals surface area contributed by atoms with E-state index in [1.165, 1.54) is 96.3 Å². The number of nitrogens with zero attached hydrogens (tertiary/aromatic N) is 1. The van der Waals surface area contributed by atoms with Crippen LogP contribution in [0.25, 0.3) is 0 Å². The Morgan fingerprint density at radius 3 is 1.50 bits per heavy atom. The molecule has 334 valence electrons. The molecule has 0 saturated carbocycles. The number of ether oxygens (including phenoxy) is 3. The molecule has 1 N–H and O–H groups in total. The standard InChI is InChI=1S/C50H87NO7/c1-6-8-10-12-14-16-18-20-21-22-23-24-25-26-27-29-31-33-35-37-39-41-49(53)58-46(44-56-43-42-47(50(54)55)51(3,4)5)45-57-48(52)40-38-36-34-32-30-28-19-17-15-13-11-9-7-2/h8,10,14,16,20-21,28,30,34,36,46-47H,6-7,9,11-13,15,17-19,22-27,29,31-33,35,37-45H2,1-5H3/p+1/b10-8+,16-14+,21-20+,30-28+,36-34+. The number of carbonyl (C=O) groups is 3. The van der Waals surface area contributed by atoms with Crippen LogP contribution in [0.15, 0.2) is 60.8 Å². The Bertz CT molecular complexity index is 1130. The van der Waals surface area contributed by atoms with Crippen molar-refractivity contribution in [3.8, 4) is 0 Å². The Morgan fingerprint density at radius 2 is 1.00 bits per heavy atom. The van der Waals surface area contributed by atoms with Crippen LogP contribution in [-0.4, -0.2) is 80.6 Å². The quantitative estimate of drug-likeness (QED) is 0.0284. The number of carboxylic acid groups (broad SMARTS) is 1. The van der Waals surface area contributed by atoms with Crippen LogP contribution in [0.5, 0.6) is 0 Å². The van der Waals surface area contributed by atoms with Gasteiger partial charge in [-0.2, -0.15) is 0 Å². The smallest absolute Gasteiger partial charge is 0.362 e. The highest BCUT2D eigenvalue weighted by Crippen LogP contribution is 2.14. The van der Waals surface area contributed by atoms with E-state index in [9.17, 15) is 19.5 Å². The first-order valence-electron chi connectivity index (χ1n) is 23.3. The van der Waals surface area contributed by atoms with Crippen molar-refractivity contribution < 1.29 is 38.2 Å². The zero-order valence-electron chi connectivity index (χ0n) is 38.0. The van der Waals surface area contributed by atoms with Gasteiger partial charge in [-0.25, -0.2) is 4.79 Å². The second kappa shape index (κ2) is 40.8. The molecule has 0 amide bonds. The summed E-state index contributed by atoms with van der Waals surface area (Å²) in [5.74, 6) is -1.56. The third kappa shape index (κ3) is 38.5. The summed E-state index contributed by atoms with van der Waals surface area (Å²) in [4.78, 5) is 37.0. The molecule has 0 aromatic carbocycles. The molecule has 0 radical (unpaired) electrons. The fourth-order valence-corrected chi connectivity index (χ4v) is 6.57. The van der Waals surface area contributed by atoms with Crippen molar-refractivity contribution in [3.63, 3.8) is 0 Å². The van der Waals surface area contributed by atoms with Crippen molar-refractivity contribution in [2.45, 2.75) is 199 Å². The predicted octanol–water partition coefficient (Wildman–Crippen LogP) is 13.0. The van der Waals surface area contributed by atoms with Crippen molar-refractivity contribution in [1.82, 2.24) is 0 Å². The van der Waals surface area contributed by atoms with Gasteiger partial charge in [0, 0.05) is 19.3 Å². The number of carboxylic acids is 1. The van der Waals surface area contributed by atoms with E-state index in [-0.39, 0.29) is 42.7 Å². The number of carbonyl (C=O) groups excluding carboxylic acids is 2. The summed E-state index contributed by atoms with van der Waals surface area (Å²) in [7, 11) is 5.51. The van der Waals surface area contributed by atoms with Crippen LogP contribution in [0.3, 0.4) is 0 Å². The molecular formula is C50H88NO7+. The van der Waals surface area contributed by atoms with E-state index in [4.69, 9.17) is 14.2 Å². The number of hydrogen-bond acceptors (Lipinski definition) is 6. The van der Waals surface area contributed by atoms with Gasteiger partial charge in [-0.1, -0.05) is 164 Å². The normalized spacial score (nSPS) is 13.5. The molecule has 0 aliphatic heterocycles. The maximum atomic E-state index is 12.7. The van der Waals surface area contributed by atoms with Crippen molar-refractivity contribution in [1.29, 1.82) is 0 Å². The molecule has 0 heterocycles. The summed E-state index contributed by atoms with van der Waals surface area (Å²) < 4.78 is 17.2. The van der Waals surface area contributed by atoms with Crippen LogP contribution in [0.4, 0.5) is 0 Å². The number of rotatable bonds is 41. The van der Waals surface area contributed by atoms with E-state index in [2.05, 4.69) is 68.5 Å². The van der Waals surface area contributed by atoms with Gasteiger partial charge in [-0.3, -0.25) is 9.59 Å². The number of aliphatic carboxylic acids is 1. The molecule has 0 fully saturated rings. The van der Waals surface area contributed by atoms with Gasteiger partial charge in [0.15, 0.2) is 12.1 Å². The molecule has 0 aliphatic carbocycles. The summed E-state index contributed by atoms with van der Waals surface area (Å²) in [6.07, 6.45) is 50.0. The van der Waals surface area contributed by atoms with Gasteiger partial charge in [-0.15, -0.1) is 0 Å². The maximum Gasteiger partial charge on any atom is 0.362 e. The molecule has 0 aromatic rings. The van der Waals surface area contributed by atoms with Crippen LogP contribution >= 0.6 is 0 Å². The molecule has 0 bridgehead atoms. The van der Waals surface area contributed by atoms with Gasteiger partial charge in [-0.05, 0) is 64.2 Å². The Balaban J connectivity index is 4.33. The summed E-state index contributed by atoms with van der Waals surface area (Å²) in [6, 6.07) is -0.623. The van der Waals surface area contributed by atoms with Crippen LogP contribution in [0.2, 0.25) is 0 Å². The Hall–Kier alpha value is -2.97. The van der Waals surface area contributed by atoms with E-state index >= 15 is 0 Å². The highest BCUT2D eigenvalue weighted by atomic mass is 16.6. The van der Waals surface area contributed by atoms with E-state index in [0.717, 1.165) is 51.4 Å². The highest BCUT2D eigenvalue weighted by molar-refractivity contribution is 5.72. The molecule has 0 aliphatic rings. The highest BCUT2D eigenvalue weighted by Gasteiger charge is 2.31.